The molecule has 0 bridgehead atoms. The van der Waals surface area contributed by atoms with E-state index in [0.717, 1.165) is 13.3 Å². The first kappa shape index (κ1) is 14.0. The maximum absolute atomic E-state index is 12.1. The average Bonchev–Trinajstić information content (AvgIpc) is 2.29. The van der Waals surface area contributed by atoms with Crippen LogP contribution in [0.1, 0.15) is 15.9 Å². The van der Waals surface area contributed by atoms with Crippen LogP contribution in [0.15, 0.2) is 11.0 Å². The van der Waals surface area contributed by atoms with E-state index in [0.29, 0.717) is 0 Å². The lowest BCUT2D eigenvalue weighted by Crippen LogP contribution is -2.26. The first-order valence-corrected chi connectivity index (χ1v) is 4.58. The predicted octanol–water partition coefficient (Wildman–Crippen LogP) is 0.519. The van der Waals surface area contributed by atoms with E-state index in [1.807, 2.05) is 4.98 Å². The maximum atomic E-state index is 12.1. The summed E-state index contributed by atoms with van der Waals surface area (Å²) in [5.41, 5.74) is 3.42. The van der Waals surface area contributed by atoms with E-state index < -0.39 is 30.2 Å². The number of pyridine rings is 1. The Morgan fingerprint density at radius 3 is 2.56 bits per heavy atom. The van der Waals surface area contributed by atoms with Crippen LogP contribution < -0.4 is 16.0 Å². The third-order valence-corrected chi connectivity index (χ3v) is 1.98. The summed E-state index contributed by atoms with van der Waals surface area (Å²) >= 11 is 0. The van der Waals surface area contributed by atoms with Crippen molar-refractivity contribution >= 4 is 5.97 Å². The molecule has 6 nitrogen and oxygen atoms in total. The molecular formula is C9H9F3N2O4. The quantitative estimate of drug-likeness (QED) is 0.778. The SMILES string of the molecule is COC(=O)c1c[nH]c(=O)c(OC(F)(F)F)c1CN. The Morgan fingerprint density at radius 1 is 1.50 bits per heavy atom. The van der Waals surface area contributed by atoms with Gasteiger partial charge >= 0.3 is 12.3 Å². The number of aromatic nitrogens is 1. The third kappa shape index (κ3) is 3.00. The van der Waals surface area contributed by atoms with E-state index in [9.17, 15) is 22.8 Å². The van der Waals surface area contributed by atoms with Gasteiger partial charge in [-0.25, -0.2) is 4.79 Å². The van der Waals surface area contributed by atoms with E-state index in [2.05, 4.69) is 9.47 Å². The van der Waals surface area contributed by atoms with Gasteiger partial charge in [0, 0.05) is 18.3 Å². The van der Waals surface area contributed by atoms with Crippen molar-refractivity contribution in [2.45, 2.75) is 12.9 Å². The fraction of sp³-hybridized carbons (Fsp3) is 0.333. The number of nitrogens with two attached hydrogens (primary N) is 1. The lowest BCUT2D eigenvalue weighted by atomic mass is 10.1. The third-order valence-electron chi connectivity index (χ3n) is 1.98. The Bertz CT molecular complexity index is 510. The van der Waals surface area contributed by atoms with E-state index in [4.69, 9.17) is 5.73 Å². The lowest BCUT2D eigenvalue weighted by Gasteiger charge is -2.13. The van der Waals surface area contributed by atoms with Gasteiger partial charge < -0.3 is 20.2 Å². The molecule has 1 aromatic rings. The van der Waals surface area contributed by atoms with Crippen LogP contribution in [0.25, 0.3) is 0 Å². The molecule has 0 saturated heterocycles. The minimum atomic E-state index is -5.06. The zero-order valence-corrected chi connectivity index (χ0v) is 9.13. The molecule has 0 spiro atoms. The Hall–Kier alpha value is -2.03. The van der Waals surface area contributed by atoms with Crippen molar-refractivity contribution in [2.24, 2.45) is 5.73 Å². The zero-order chi connectivity index (χ0) is 13.9. The van der Waals surface area contributed by atoms with Crippen molar-refractivity contribution in [3.63, 3.8) is 0 Å². The molecule has 0 aliphatic rings. The van der Waals surface area contributed by atoms with Gasteiger partial charge in [-0.3, -0.25) is 4.79 Å². The smallest absolute Gasteiger partial charge is 0.465 e. The lowest BCUT2D eigenvalue weighted by molar-refractivity contribution is -0.275. The number of rotatable bonds is 3. The molecule has 0 atom stereocenters. The van der Waals surface area contributed by atoms with Gasteiger partial charge in [0.25, 0.3) is 5.56 Å². The monoisotopic (exact) mass is 266 g/mol. The summed E-state index contributed by atoms with van der Waals surface area (Å²) in [5, 5.41) is 0. The Kier molecular flexibility index (Phi) is 3.96. The van der Waals surface area contributed by atoms with Crippen molar-refractivity contribution < 1.29 is 27.4 Å². The molecule has 0 aliphatic heterocycles. The number of aromatic amines is 1. The van der Waals surface area contributed by atoms with Gasteiger partial charge in [-0.2, -0.15) is 0 Å². The highest BCUT2D eigenvalue weighted by Crippen LogP contribution is 2.24. The number of esters is 1. The minimum absolute atomic E-state index is 0.293. The summed E-state index contributed by atoms with van der Waals surface area (Å²) in [5.74, 6) is -1.99. The molecule has 0 aliphatic carbocycles. The van der Waals surface area contributed by atoms with Crippen molar-refractivity contribution in [1.29, 1.82) is 0 Å². The summed E-state index contributed by atoms with van der Waals surface area (Å²) < 4.78 is 44.3. The van der Waals surface area contributed by atoms with E-state index in [1.165, 1.54) is 0 Å². The molecule has 1 heterocycles. The molecule has 18 heavy (non-hydrogen) atoms. The molecule has 1 rings (SSSR count). The molecule has 1 aromatic heterocycles. The van der Waals surface area contributed by atoms with E-state index >= 15 is 0 Å². The summed E-state index contributed by atoms with van der Waals surface area (Å²) in [6.45, 7) is -0.486. The van der Waals surface area contributed by atoms with E-state index in [1.54, 1.807) is 0 Å². The average molecular weight is 266 g/mol. The molecule has 0 fully saturated rings. The summed E-state index contributed by atoms with van der Waals surface area (Å²) in [4.78, 5) is 24.5. The predicted molar refractivity (Wildman–Crippen MR) is 53.0 cm³/mol. The number of nitrogens with one attached hydrogen (secondary N) is 1. The van der Waals surface area contributed by atoms with Gasteiger partial charge in [-0.15, -0.1) is 13.2 Å². The normalized spacial score (nSPS) is 11.2. The highest BCUT2D eigenvalue weighted by molar-refractivity contribution is 5.91. The summed E-state index contributed by atoms with van der Waals surface area (Å²) in [6, 6.07) is 0. The molecular weight excluding hydrogens is 257 g/mol. The van der Waals surface area contributed by atoms with Crippen molar-refractivity contribution in [3.8, 4) is 5.75 Å². The van der Waals surface area contributed by atoms with Crippen molar-refractivity contribution in [1.82, 2.24) is 4.98 Å². The number of hydrogen-bond donors (Lipinski definition) is 2. The zero-order valence-electron chi connectivity index (χ0n) is 9.13. The highest BCUT2D eigenvalue weighted by Gasteiger charge is 2.34. The Morgan fingerprint density at radius 2 is 2.11 bits per heavy atom. The van der Waals surface area contributed by atoms with Crippen LogP contribution in [0.2, 0.25) is 0 Å². The second-order valence-corrected chi connectivity index (χ2v) is 3.08. The van der Waals surface area contributed by atoms with Crippen LogP contribution in [-0.2, 0) is 11.3 Å². The molecule has 0 amide bonds. The number of H-pyrrole nitrogens is 1. The van der Waals surface area contributed by atoms with Gasteiger partial charge in [0.05, 0.1) is 12.7 Å². The number of halogens is 3. The topological polar surface area (TPSA) is 94.4 Å². The number of carbonyl (C=O) groups is 1. The summed E-state index contributed by atoms with van der Waals surface area (Å²) in [7, 11) is 1.04. The molecule has 9 heteroatoms. The minimum Gasteiger partial charge on any atom is -0.465 e. The summed E-state index contributed by atoms with van der Waals surface area (Å²) in [6.07, 6.45) is -4.15. The molecule has 0 unspecified atom stereocenters. The van der Waals surface area contributed by atoms with Crippen LogP contribution in [0.5, 0.6) is 5.75 Å². The fourth-order valence-electron chi connectivity index (χ4n) is 1.27. The highest BCUT2D eigenvalue weighted by atomic mass is 19.4. The number of alkyl halides is 3. The van der Waals surface area contributed by atoms with Crippen LogP contribution >= 0.6 is 0 Å². The van der Waals surface area contributed by atoms with Gasteiger partial charge in [-0.1, -0.05) is 0 Å². The van der Waals surface area contributed by atoms with Crippen LogP contribution in [0, 0.1) is 0 Å². The molecule has 0 aromatic carbocycles. The standard InChI is InChI=1S/C9H9F3N2O4/c1-17-8(16)5-3-14-7(15)6(4(5)2-13)18-9(10,11)12/h3H,2,13H2,1H3,(H,14,15). The second kappa shape index (κ2) is 5.08. The van der Waals surface area contributed by atoms with Gasteiger partial charge in [0.2, 0.25) is 0 Å². The van der Waals surface area contributed by atoms with Gasteiger partial charge in [-0.05, 0) is 0 Å². The van der Waals surface area contributed by atoms with Crippen LogP contribution in [0.4, 0.5) is 13.2 Å². The number of methoxy groups -OCH3 is 1. The van der Waals surface area contributed by atoms with Gasteiger partial charge in [0.15, 0.2) is 5.75 Å². The number of carbonyl (C=O) groups excluding carboxylic acids is 1. The largest absolute Gasteiger partial charge is 0.573 e. The molecule has 100 valence electrons. The van der Waals surface area contributed by atoms with E-state index in [-0.39, 0.29) is 11.1 Å². The first-order valence-electron chi connectivity index (χ1n) is 4.58. The van der Waals surface area contributed by atoms with Crippen LogP contribution in [0.3, 0.4) is 0 Å². The maximum Gasteiger partial charge on any atom is 0.573 e. The number of hydrogen-bond acceptors (Lipinski definition) is 5. The fourth-order valence-corrected chi connectivity index (χ4v) is 1.27. The van der Waals surface area contributed by atoms with Crippen LogP contribution in [-0.4, -0.2) is 24.4 Å². The molecule has 0 radical (unpaired) electrons. The Labute approximate surface area is 98.5 Å². The van der Waals surface area contributed by atoms with Crippen molar-refractivity contribution in [2.75, 3.05) is 7.11 Å². The molecule has 3 N–H and O–H groups in total. The first-order chi connectivity index (χ1) is 8.30. The van der Waals surface area contributed by atoms with Gasteiger partial charge in [0.1, 0.15) is 0 Å². The number of ether oxygens (including phenoxy) is 2. The molecule has 0 saturated carbocycles. The Balaban J connectivity index is 3.40. The van der Waals surface area contributed by atoms with Crippen molar-refractivity contribution in [3.05, 3.63) is 27.7 Å². The second-order valence-electron chi connectivity index (χ2n) is 3.08.